The fourth-order valence-electron chi connectivity index (χ4n) is 2.47. The fraction of sp³-hybridized carbons (Fsp3) is 0.417. The lowest BCUT2D eigenvalue weighted by Crippen LogP contribution is -2.38. The van der Waals surface area contributed by atoms with Crippen LogP contribution in [0.1, 0.15) is 23.2 Å². The zero-order valence-corrected chi connectivity index (χ0v) is 10.8. The van der Waals surface area contributed by atoms with Gasteiger partial charge in [-0.15, -0.1) is 0 Å². The minimum absolute atomic E-state index is 0.00825. The number of aliphatic hydroxyl groups excluding tert-OH is 1. The molecule has 0 spiro atoms. The van der Waals surface area contributed by atoms with Crippen LogP contribution in [-0.2, 0) is 0 Å². The number of amides is 1. The molecule has 0 bridgehead atoms. The Morgan fingerprint density at radius 3 is 2.95 bits per heavy atom. The van der Waals surface area contributed by atoms with Crippen molar-refractivity contribution < 1.29 is 14.8 Å². The molecule has 4 N–H and O–H groups in total. The lowest BCUT2D eigenvalue weighted by atomic mass is 10.1. The van der Waals surface area contributed by atoms with E-state index in [9.17, 15) is 20.0 Å². The second-order valence-electron chi connectivity index (χ2n) is 4.58. The maximum absolute atomic E-state index is 12.5. The first-order valence-electron chi connectivity index (χ1n) is 6.26. The van der Waals surface area contributed by atoms with E-state index in [4.69, 9.17) is 5.84 Å². The van der Waals surface area contributed by atoms with Crippen LogP contribution in [-0.4, -0.2) is 40.0 Å². The van der Waals surface area contributed by atoms with E-state index in [-0.39, 0.29) is 35.5 Å². The molecule has 1 aromatic carbocycles. The first-order chi connectivity index (χ1) is 9.60. The largest absolute Gasteiger partial charge is 0.394 e. The zero-order chi connectivity index (χ0) is 14.7. The molecule has 8 nitrogen and oxygen atoms in total. The van der Waals surface area contributed by atoms with E-state index < -0.39 is 4.92 Å². The zero-order valence-electron chi connectivity index (χ0n) is 10.8. The molecule has 1 aromatic rings. The molecule has 8 heteroatoms. The summed E-state index contributed by atoms with van der Waals surface area (Å²) in [5, 5.41) is 20.2. The van der Waals surface area contributed by atoms with Gasteiger partial charge in [-0.2, -0.15) is 0 Å². The lowest BCUT2D eigenvalue weighted by Gasteiger charge is -2.23. The van der Waals surface area contributed by atoms with Crippen molar-refractivity contribution in [3.8, 4) is 0 Å². The third-order valence-electron chi connectivity index (χ3n) is 3.46. The minimum Gasteiger partial charge on any atom is -0.394 e. The lowest BCUT2D eigenvalue weighted by molar-refractivity contribution is -0.384. The normalized spacial score (nSPS) is 18.1. The van der Waals surface area contributed by atoms with Gasteiger partial charge in [0.2, 0.25) is 0 Å². The van der Waals surface area contributed by atoms with E-state index in [1.807, 2.05) is 0 Å². The highest BCUT2D eigenvalue weighted by Gasteiger charge is 2.31. The van der Waals surface area contributed by atoms with Crippen molar-refractivity contribution in [1.82, 2.24) is 4.90 Å². The maximum atomic E-state index is 12.5. The van der Waals surface area contributed by atoms with Gasteiger partial charge in [-0.1, -0.05) is 6.07 Å². The maximum Gasteiger partial charge on any atom is 0.294 e. The van der Waals surface area contributed by atoms with Gasteiger partial charge >= 0.3 is 0 Å². The van der Waals surface area contributed by atoms with E-state index in [0.717, 1.165) is 12.8 Å². The first-order valence-corrected chi connectivity index (χ1v) is 6.26. The second-order valence-corrected chi connectivity index (χ2v) is 4.58. The van der Waals surface area contributed by atoms with Crippen molar-refractivity contribution in [1.29, 1.82) is 0 Å². The van der Waals surface area contributed by atoms with Crippen LogP contribution < -0.4 is 11.3 Å². The number of nitro groups is 1. The Hall–Kier alpha value is -2.19. The molecule has 0 aromatic heterocycles. The van der Waals surface area contributed by atoms with Gasteiger partial charge in [-0.05, 0) is 18.9 Å². The number of nitrogens with two attached hydrogens (primary N) is 1. The summed E-state index contributed by atoms with van der Waals surface area (Å²) < 4.78 is 0. The number of carbonyl (C=O) groups excluding carboxylic acids is 1. The van der Waals surface area contributed by atoms with Crippen LogP contribution in [0.5, 0.6) is 0 Å². The number of hydrogen-bond acceptors (Lipinski definition) is 6. The van der Waals surface area contributed by atoms with E-state index in [1.54, 1.807) is 0 Å². The molecule has 0 saturated carbocycles. The van der Waals surface area contributed by atoms with E-state index in [0.29, 0.717) is 6.54 Å². The van der Waals surface area contributed by atoms with Crippen LogP contribution in [0, 0.1) is 10.1 Å². The number of anilines is 1. The fourth-order valence-corrected chi connectivity index (χ4v) is 2.47. The molecule has 0 radical (unpaired) electrons. The van der Waals surface area contributed by atoms with Gasteiger partial charge in [0, 0.05) is 12.6 Å². The number of aliphatic hydroxyl groups is 1. The van der Waals surface area contributed by atoms with E-state index in [2.05, 4.69) is 5.43 Å². The van der Waals surface area contributed by atoms with Crippen LogP contribution in [0.2, 0.25) is 0 Å². The molecular formula is C12H16N4O4. The Morgan fingerprint density at radius 1 is 1.60 bits per heavy atom. The van der Waals surface area contributed by atoms with E-state index >= 15 is 0 Å². The summed E-state index contributed by atoms with van der Waals surface area (Å²) in [6.07, 6.45) is 1.53. The van der Waals surface area contributed by atoms with Crippen molar-refractivity contribution in [2.45, 2.75) is 18.9 Å². The summed E-state index contributed by atoms with van der Waals surface area (Å²) in [4.78, 5) is 24.3. The number of nitro benzene ring substituents is 1. The molecular weight excluding hydrogens is 264 g/mol. The van der Waals surface area contributed by atoms with Crippen molar-refractivity contribution in [3.63, 3.8) is 0 Å². The van der Waals surface area contributed by atoms with Crippen LogP contribution in [0.3, 0.4) is 0 Å². The Kier molecular flexibility index (Phi) is 4.16. The number of hydrogen-bond donors (Lipinski definition) is 3. The predicted molar refractivity (Wildman–Crippen MR) is 72.1 cm³/mol. The number of para-hydroxylation sites is 1. The van der Waals surface area contributed by atoms with Crippen molar-refractivity contribution in [3.05, 3.63) is 33.9 Å². The Balaban J connectivity index is 2.39. The van der Waals surface area contributed by atoms with E-state index in [1.165, 1.54) is 23.1 Å². The number of hydrazine groups is 1. The first kappa shape index (κ1) is 14.2. The van der Waals surface area contributed by atoms with Gasteiger partial charge in [0.1, 0.15) is 5.69 Å². The standard InChI is InChI=1S/C12H16N4O4/c13-14-11-9(4-1-5-10(11)16(19)20)12(18)15-6-2-3-8(15)7-17/h1,4-5,8,14,17H,2-3,6-7,13H2. The molecule has 1 atom stereocenters. The quantitative estimate of drug-likeness (QED) is 0.419. The minimum atomic E-state index is -0.598. The molecule has 1 aliphatic heterocycles. The molecule has 1 aliphatic rings. The van der Waals surface area contributed by atoms with Crippen LogP contribution in [0.4, 0.5) is 11.4 Å². The summed E-state index contributed by atoms with van der Waals surface area (Å²) in [6, 6.07) is 3.96. The molecule has 20 heavy (non-hydrogen) atoms. The summed E-state index contributed by atoms with van der Waals surface area (Å²) in [6.45, 7) is 0.406. The molecule has 2 rings (SSSR count). The molecule has 1 unspecified atom stereocenters. The number of nitrogens with zero attached hydrogens (tertiary/aromatic N) is 2. The molecule has 108 valence electrons. The summed E-state index contributed by atoms with van der Waals surface area (Å²) in [5.41, 5.74) is 2.11. The highest BCUT2D eigenvalue weighted by atomic mass is 16.6. The smallest absolute Gasteiger partial charge is 0.294 e. The summed E-state index contributed by atoms with van der Waals surface area (Å²) in [7, 11) is 0. The number of benzene rings is 1. The number of likely N-dealkylation sites (tertiary alicyclic amines) is 1. The molecule has 1 heterocycles. The molecule has 1 fully saturated rings. The van der Waals surface area contributed by atoms with Gasteiger partial charge in [0.15, 0.2) is 0 Å². The van der Waals surface area contributed by atoms with Crippen molar-refractivity contribution in [2.75, 3.05) is 18.6 Å². The van der Waals surface area contributed by atoms with Gasteiger partial charge in [-0.25, -0.2) is 0 Å². The number of nitrogen functional groups attached to an aromatic ring is 1. The SMILES string of the molecule is NNc1c(C(=O)N2CCCC2CO)cccc1[N+](=O)[O-]. The molecule has 1 saturated heterocycles. The number of carbonyl (C=O) groups is 1. The van der Waals surface area contributed by atoms with Crippen LogP contribution in [0.25, 0.3) is 0 Å². The Morgan fingerprint density at radius 2 is 2.35 bits per heavy atom. The topological polar surface area (TPSA) is 122 Å². The van der Waals surface area contributed by atoms with Gasteiger partial charge in [0.25, 0.3) is 11.6 Å². The summed E-state index contributed by atoms with van der Waals surface area (Å²) in [5.74, 6) is 4.96. The monoisotopic (exact) mass is 280 g/mol. The van der Waals surface area contributed by atoms with Crippen LogP contribution >= 0.6 is 0 Å². The summed E-state index contributed by atoms with van der Waals surface area (Å²) >= 11 is 0. The number of nitrogens with one attached hydrogen (secondary N) is 1. The van der Waals surface area contributed by atoms with Crippen molar-refractivity contribution >= 4 is 17.3 Å². The average Bonchev–Trinajstić information content (AvgIpc) is 2.93. The third-order valence-corrected chi connectivity index (χ3v) is 3.46. The van der Waals surface area contributed by atoms with Crippen molar-refractivity contribution in [2.24, 2.45) is 5.84 Å². The Bertz CT molecular complexity index is 534. The van der Waals surface area contributed by atoms with Crippen LogP contribution in [0.15, 0.2) is 18.2 Å². The predicted octanol–water partition coefficient (Wildman–Crippen LogP) is 0.477. The van der Waals surface area contributed by atoms with Gasteiger partial charge in [-0.3, -0.25) is 20.8 Å². The van der Waals surface area contributed by atoms with Gasteiger partial charge < -0.3 is 15.4 Å². The Labute approximate surface area is 115 Å². The third kappa shape index (κ3) is 2.43. The average molecular weight is 280 g/mol. The highest BCUT2D eigenvalue weighted by Crippen LogP contribution is 2.30. The highest BCUT2D eigenvalue weighted by molar-refractivity contribution is 6.01. The number of rotatable bonds is 4. The van der Waals surface area contributed by atoms with Gasteiger partial charge in [0.05, 0.1) is 23.1 Å². The second kappa shape index (κ2) is 5.85. The molecule has 1 amide bonds. The molecule has 0 aliphatic carbocycles.